The summed E-state index contributed by atoms with van der Waals surface area (Å²) in [5.74, 6) is 1.25. The van der Waals surface area contributed by atoms with Crippen molar-refractivity contribution < 1.29 is 19.1 Å². The van der Waals surface area contributed by atoms with Gasteiger partial charge in [0.05, 0.1) is 5.69 Å². The molecular formula is C21H24N2O4. The lowest BCUT2D eigenvalue weighted by Gasteiger charge is -2.31. The first kappa shape index (κ1) is 18.8. The third kappa shape index (κ3) is 4.78. The molecule has 0 saturated heterocycles. The molecule has 1 heterocycles. The van der Waals surface area contributed by atoms with Crippen LogP contribution in [-0.4, -0.2) is 31.6 Å². The minimum Gasteiger partial charge on any atom is -0.484 e. The van der Waals surface area contributed by atoms with E-state index in [4.69, 9.17) is 9.47 Å². The Balaban J connectivity index is 1.67. The van der Waals surface area contributed by atoms with Crippen LogP contribution in [0, 0.1) is 12.8 Å². The summed E-state index contributed by atoms with van der Waals surface area (Å²) >= 11 is 0. The minimum absolute atomic E-state index is 0.0375. The van der Waals surface area contributed by atoms with Crippen molar-refractivity contribution in [1.29, 1.82) is 0 Å². The van der Waals surface area contributed by atoms with Crippen LogP contribution in [0.5, 0.6) is 11.5 Å². The second kappa shape index (κ2) is 8.12. The highest BCUT2D eigenvalue weighted by atomic mass is 16.5. The number of carbonyl (C=O) groups excluding carboxylic acids is 2. The summed E-state index contributed by atoms with van der Waals surface area (Å²) in [4.78, 5) is 26.1. The van der Waals surface area contributed by atoms with Gasteiger partial charge in [0.15, 0.2) is 13.2 Å². The van der Waals surface area contributed by atoms with Gasteiger partial charge in [0.1, 0.15) is 11.5 Å². The highest BCUT2D eigenvalue weighted by Gasteiger charge is 2.26. The van der Waals surface area contributed by atoms with Crippen molar-refractivity contribution in [3.8, 4) is 11.5 Å². The molecule has 1 aliphatic rings. The number of aryl methyl sites for hydroxylation is 1. The van der Waals surface area contributed by atoms with Gasteiger partial charge in [-0.05, 0) is 43.2 Å². The van der Waals surface area contributed by atoms with Crippen LogP contribution in [0.1, 0.15) is 19.4 Å². The minimum atomic E-state index is -0.269. The Morgan fingerprint density at radius 3 is 2.67 bits per heavy atom. The van der Waals surface area contributed by atoms with E-state index < -0.39 is 0 Å². The first-order chi connectivity index (χ1) is 12.9. The van der Waals surface area contributed by atoms with E-state index >= 15 is 0 Å². The lowest BCUT2D eigenvalue weighted by atomic mass is 10.1. The standard InChI is InChI=1S/C21H24N2O4/c1-14(2)11-23-18-10-16(6-9-19(18)27-13-21(23)25)22-20(24)12-26-17-7-4-15(3)5-8-17/h4-10,14H,11-13H2,1-3H3,(H,22,24). The van der Waals surface area contributed by atoms with E-state index in [1.54, 1.807) is 23.1 Å². The molecule has 2 amide bonds. The highest BCUT2D eigenvalue weighted by molar-refractivity contribution is 5.99. The summed E-state index contributed by atoms with van der Waals surface area (Å²) in [6.45, 7) is 6.64. The van der Waals surface area contributed by atoms with Gasteiger partial charge in [-0.2, -0.15) is 0 Å². The van der Waals surface area contributed by atoms with Gasteiger partial charge in [0.25, 0.3) is 11.8 Å². The zero-order valence-electron chi connectivity index (χ0n) is 15.8. The van der Waals surface area contributed by atoms with Crippen LogP contribution in [0.3, 0.4) is 0 Å². The van der Waals surface area contributed by atoms with E-state index in [9.17, 15) is 9.59 Å². The molecule has 0 radical (unpaired) electrons. The van der Waals surface area contributed by atoms with Gasteiger partial charge < -0.3 is 19.7 Å². The van der Waals surface area contributed by atoms with E-state index in [-0.39, 0.29) is 25.0 Å². The summed E-state index contributed by atoms with van der Waals surface area (Å²) in [7, 11) is 0. The van der Waals surface area contributed by atoms with Crippen molar-refractivity contribution in [1.82, 2.24) is 0 Å². The zero-order valence-corrected chi connectivity index (χ0v) is 15.8. The Kier molecular flexibility index (Phi) is 5.64. The second-order valence-corrected chi connectivity index (χ2v) is 7.02. The molecule has 6 heteroatoms. The fraction of sp³-hybridized carbons (Fsp3) is 0.333. The van der Waals surface area contributed by atoms with Crippen molar-refractivity contribution >= 4 is 23.2 Å². The summed E-state index contributed by atoms with van der Waals surface area (Å²) < 4.78 is 11.0. The van der Waals surface area contributed by atoms with E-state index in [0.717, 1.165) is 5.56 Å². The largest absolute Gasteiger partial charge is 0.484 e. The molecule has 3 rings (SSSR count). The quantitative estimate of drug-likeness (QED) is 0.849. The summed E-state index contributed by atoms with van der Waals surface area (Å²) in [5.41, 5.74) is 2.40. The Hall–Kier alpha value is -3.02. The maximum Gasteiger partial charge on any atom is 0.265 e. The number of ether oxygens (including phenoxy) is 2. The van der Waals surface area contributed by atoms with Crippen molar-refractivity contribution in [2.45, 2.75) is 20.8 Å². The third-order valence-corrected chi connectivity index (χ3v) is 4.12. The molecule has 6 nitrogen and oxygen atoms in total. The molecule has 0 unspecified atom stereocenters. The number of fused-ring (bicyclic) bond motifs is 1. The zero-order chi connectivity index (χ0) is 19.4. The molecule has 1 aliphatic heterocycles. The Bertz CT molecular complexity index is 831. The van der Waals surface area contributed by atoms with Crippen LogP contribution in [0.4, 0.5) is 11.4 Å². The molecule has 0 atom stereocenters. The Morgan fingerprint density at radius 1 is 1.22 bits per heavy atom. The maximum atomic E-state index is 12.2. The molecular weight excluding hydrogens is 344 g/mol. The molecule has 0 fully saturated rings. The predicted molar refractivity (Wildman–Crippen MR) is 104 cm³/mol. The van der Waals surface area contributed by atoms with Crippen LogP contribution >= 0.6 is 0 Å². The van der Waals surface area contributed by atoms with Crippen LogP contribution in [0.15, 0.2) is 42.5 Å². The molecule has 0 saturated carbocycles. The lowest BCUT2D eigenvalue weighted by molar-refractivity contribution is -0.121. The number of amides is 2. The van der Waals surface area contributed by atoms with E-state index in [1.165, 1.54) is 0 Å². The van der Waals surface area contributed by atoms with Gasteiger partial charge in [0, 0.05) is 12.2 Å². The van der Waals surface area contributed by atoms with Crippen molar-refractivity contribution in [2.75, 3.05) is 30.0 Å². The molecule has 142 valence electrons. The van der Waals surface area contributed by atoms with E-state index in [0.29, 0.717) is 35.3 Å². The SMILES string of the molecule is Cc1ccc(OCC(=O)Nc2ccc3c(c2)N(CC(C)C)C(=O)CO3)cc1. The lowest BCUT2D eigenvalue weighted by Crippen LogP contribution is -2.41. The first-order valence-corrected chi connectivity index (χ1v) is 8.99. The Labute approximate surface area is 159 Å². The van der Waals surface area contributed by atoms with Crippen LogP contribution in [-0.2, 0) is 9.59 Å². The number of hydrogen-bond donors (Lipinski definition) is 1. The number of benzene rings is 2. The molecule has 2 aromatic carbocycles. The highest BCUT2D eigenvalue weighted by Crippen LogP contribution is 2.35. The normalized spacial score (nSPS) is 13.2. The van der Waals surface area contributed by atoms with Gasteiger partial charge in [-0.15, -0.1) is 0 Å². The molecule has 2 aromatic rings. The summed E-state index contributed by atoms with van der Waals surface area (Å²) in [5, 5.41) is 2.80. The van der Waals surface area contributed by atoms with Crippen LogP contribution in [0.2, 0.25) is 0 Å². The fourth-order valence-corrected chi connectivity index (χ4v) is 2.83. The number of nitrogens with zero attached hydrogens (tertiary/aromatic N) is 1. The molecule has 27 heavy (non-hydrogen) atoms. The van der Waals surface area contributed by atoms with Gasteiger partial charge in [-0.3, -0.25) is 9.59 Å². The summed E-state index contributed by atoms with van der Waals surface area (Å²) in [6, 6.07) is 12.8. The fourth-order valence-electron chi connectivity index (χ4n) is 2.83. The van der Waals surface area contributed by atoms with Crippen LogP contribution < -0.4 is 19.7 Å². The Morgan fingerprint density at radius 2 is 1.96 bits per heavy atom. The van der Waals surface area contributed by atoms with E-state index in [1.807, 2.05) is 31.2 Å². The van der Waals surface area contributed by atoms with E-state index in [2.05, 4.69) is 19.2 Å². The number of anilines is 2. The number of rotatable bonds is 6. The van der Waals surface area contributed by atoms with Crippen molar-refractivity contribution in [3.63, 3.8) is 0 Å². The van der Waals surface area contributed by atoms with Gasteiger partial charge in [-0.1, -0.05) is 31.5 Å². The number of carbonyl (C=O) groups is 2. The monoisotopic (exact) mass is 368 g/mol. The predicted octanol–water partition coefficient (Wildman–Crippen LogP) is 3.39. The topological polar surface area (TPSA) is 67.9 Å². The smallest absolute Gasteiger partial charge is 0.265 e. The third-order valence-electron chi connectivity index (χ3n) is 4.12. The average molecular weight is 368 g/mol. The van der Waals surface area contributed by atoms with Crippen molar-refractivity contribution in [3.05, 3.63) is 48.0 Å². The molecule has 0 aliphatic carbocycles. The number of hydrogen-bond acceptors (Lipinski definition) is 4. The molecule has 0 bridgehead atoms. The number of nitrogens with one attached hydrogen (secondary N) is 1. The summed E-state index contributed by atoms with van der Waals surface area (Å²) in [6.07, 6.45) is 0. The maximum absolute atomic E-state index is 12.2. The molecule has 0 spiro atoms. The van der Waals surface area contributed by atoms with Gasteiger partial charge >= 0.3 is 0 Å². The molecule has 1 N–H and O–H groups in total. The second-order valence-electron chi connectivity index (χ2n) is 7.02. The van der Waals surface area contributed by atoms with Gasteiger partial charge in [-0.25, -0.2) is 0 Å². The first-order valence-electron chi connectivity index (χ1n) is 8.99. The van der Waals surface area contributed by atoms with Crippen molar-refractivity contribution in [2.24, 2.45) is 5.92 Å². The van der Waals surface area contributed by atoms with Gasteiger partial charge in [0.2, 0.25) is 0 Å². The van der Waals surface area contributed by atoms with Crippen LogP contribution in [0.25, 0.3) is 0 Å². The average Bonchev–Trinajstić information content (AvgIpc) is 2.63. The molecule has 0 aromatic heterocycles.